The van der Waals surface area contributed by atoms with Gasteiger partial charge in [0, 0.05) is 0 Å². The Morgan fingerprint density at radius 2 is 1.68 bits per heavy atom. The highest BCUT2D eigenvalue weighted by Crippen LogP contribution is 2.22. The van der Waals surface area contributed by atoms with E-state index < -0.39 is 40.4 Å². The number of benzene rings is 2. The summed E-state index contributed by atoms with van der Waals surface area (Å²) in [5.41, 5.74) is -1.07. The van der Waals surface area contributed by atoms with E-state index in [0.29, 0.717) is 0 Å². The molecule has 6 heteroatoms. The Balaban J connectivity index is 2.34. The number of phenolic OH excluding ortho intramolecular Hbond substituents is 1. The summed E-state index contributed by atoms with van der Waals surface area (Å²) in [6.45, 7) is 0. The van der Waals surface area contributed by atoms with Gasteiger partial charge in [0.1, 0.15) is 28.9 Å². The first-order valence-electron chi connectivity index (χ1n) is 5.23. The molecule has 2 aromatic carbocycles. The Morgan fingerprint density at radius 1 is 1.05 bits per heavy atom. The van der Waals surface area contributed by atoms with Gasteiger partial charge in [0.05, 0.1) is 5.56 Å². The molecular formula is C13H8F3NO2. The number of phenols is 1. The maximum atomic E-state index is 13.3. The lowest BCUT2D eigenvalue weighted by atomic mass is 10.1. The second kappa shape index (κ2) is 5.01. The van der Waals surface area contributed by atoms with Crippen molar-refractivity contribution < 1.29 is 23.1 Å². The maximum Gasteiger partial charge on any atom is 0.259 e. The Kier molecular flexibility index (Phi) is 3.41. The number of para-hydroxylation sites is 1. The molecule has 0 bridgehead atoms. The predicted octanol–water partition coefficient (Wildman–Crippen LogP) is 3.06. The van der Waals surface area contributed by atoms with Gasteiger partial charge in [0.2, 0.25) is 0 Å². The lowest BCUT2D eigenvalue weighted by Gasteiger charge is -2.08. The van der Waals surface area contributed by atoms with E-state index in [2.05, 4.69) is 0 Å². The first kappa shape index (κ1) is 12.9. The average Bonchev–Trinajstić information content (AvgIpc) is 2.37. The van der Waals surface area contributed by atoms with E-state index in [1.165, 1.54) is 0 Å². The van der Waals surface area contributed by atoms with E-state index in [1.54, 1.807) is 0 Å². The van der Waals surface area contributed by atoms with Gasteiger partial charge < -0.3 is 10.4 Å². The fraction of sp³-hybridized carbons (Fsp3) is 0. The number of rotatable bonds is 2. The fourth-order valence-corrected chi connectivity index (χ4v) is 1.49. The van der Waals surface area contributed by atoms with E-state index >= 15 is 0 Å². The zero-order valence-electron chi connectivity index (χ0n) is 9.45. The Hall–Kier alpha value is -2.50. The number of hydrogen-bond acceptors (Lipinski definition) is 2. The summed E-state index contributed by atoms with van der Waals surface area (Å²) in [5.74, 6) is -4.19. The van der Waals surface area contributed by atoms with Gasteiger partial charge in [-0.15, -0.1) is 0 Å². The number of aromatic hydroxyl groups is 1. The zero-order chi connectivity index (χ0) is 14.0. The molecule has 0 saturated carbocycles. The van der Waals surface area contributed by atoms with Crippen LogP contribution < -0.4 is 5.32 Å². The molecule has 2 rings (SSSR count). The van der Waals surface area contributed by atoms with E-state index in [0.717, 1.165) is 36.4 Å². The van der Waals surface area contributed by atoms with Crippen molar-refractivity contribution in [2.24, 2.45) is 0 Å². The van der Waals surface area contributed by atoms with Crippen LogP contribution in [0.15, 0.2) is 36.4 Å². The van der Waals surface area contributed by atoms with Gasteiger partial charge in [-0.25, -0.2) is 13.2 Å². The van der Waals surface area contributed by atoms with E-state index in [1.807, 2.05) is 5.32 Å². The zero-order valence-corrected chi connectivity index (χ0v) is 9.45. The number of nitrogens with one attached hydrogen (secondary N) is 1. The third-order valence-corrected chi connectivity index (χ3v) is 2.40. The Labute approximate surface area is 106 Å². The van der Waals surface area contributed by atoms with Crippen molar-refractivity contribution in [3.63, 3.8) is 0 Å². The maximum absolute atomic E-state index is 13.3. The molecule has 0 heterocycles. The highest BCUT2D eigenvalue weighted by molar-refractivity contribution is 6.06. The minimum Gasteiger partial charge on any atom is -0.507 e. The molecule has 1 amide bonds. The Morgan fingerprint density at radius 3 is 2.32 bits per heavy atom. The van der Waals surface area contributed by atoms with Crippen LogP contribution >= 0.6 is 0 Å². The van der Waals surface area contributed by atoms with Crippen molar-refractivity contribution >= 4 is 11.6 Å². The second-order valence-electron chi connectivity index (χ2n) is 3.71. The lowest BCUT2D eigenvalue weighted by Crippen LogP contribution is -2.14. The number of anilines is 1. The quantitative estimate of drug-likeness (QED) is 0.878. The molecule has 0 aromatic heterocycles. The van der Waals surface area contributed by atoms with E-state index in [9.17, 15) is 23.1 Å². The van der Waals surface area contributed by atoms with Gasteiger partial charge in [-0.2, -0.15) is 0 Å². The van der Waals surface area contributed by atoms with Crippen LogP contribution in [0.2, 0.25) is 0 Å². The first-order valence-corrected chi connectivity index (χ1v) is 5.23. The molecule has 0 aliphatic heterocycles. The van der Waals surface area contributed by atoms with Crippen LogP contribution in [0.5, 0.6) is 5.75 Å². The molecule has 2 aromatic rings. The molecule has 3 nitrogen and oxygen atoms in total. The van der Waals surface area contributed by atoms with Crippen molar-refractivity contribution in [1.82, 2.24) is 0 Å². The molecule has 0 atom stereocenters. The molecule has 0 saturated heterocycles. The van der Waals surface area contributed by atoms with Crippen LogP contribution in [0.25, 0.3) is 0 Å². The Bertz CT molecular complexity index is 624. The minimum absolute atomic E-state index is 0.414. The molecule has 0 aliphatic rings. The summed E-state index contributed by atoms with van der Waals surface area (Å²) in [6, 6.07) is 5.76. The molecule has 0 unspecified atom stereocenters. The van der Waals surface area contributed by atoms with Gasteiger partial charge in [0.25, 0.3) is 5.91 Å². The summed E-state index contributed by atoms with van der Waals surface area (Å²) in [6.07, 6.45) is 0. The van der Waals surface area contributed by atoms with E-state index in [4.69, 9.17) is 0 Å². The first-order chi connectivity index (χ1) is 8.99. The fourth-order valence-electron chi connectivity index (χ4n) is 1.49. The van der Waals surface area contributed by atoms with Crippen molar-refractivity contribution in [2.45, 2.75) is 0 Å². The summed E-state index contributed by atoms with van der Waals surface area (Å²) >= 11 is 0. The highest BCUT2D eigenvalue weighted by atomic mass is 19.1. The number of carbonyl (C=O) groups is 1. The molecule has 19 heavy (non-hydrogen) atoms. The standard InChI is InChI=1S/C13H8F3NO2/c14-7-4-5-11(18)8(6-7)13(19)17-12-9(15)2-1-3-10(12)16/h1-6,18H,(H,17,19). The van der Waals surface area contributed by atoms with Crippen LogP contribution in [-0.4, -0.2) is 11.0 Å². The molecule has 0 spiro atoms. The van der Waals surface area contributed by atoms with Crippen LogP contribution in [0.3, 0.4) is 0 Å². The second-order valence-corrected chi connectivity index (χ2v) is 3.71. The van der Waals surface area contributed by atoms with Crippen molar-refractivity contribution in [3.8, 4) is 5.75 Å². The van der Waals surface area contributed by atoms with Crippen molar-refractivity contribution in [2.75, 3.05) is 5.32 Å². The topological polar surface area (TPSA) is 49.3 Å². The van der Waals surface area contributed by atoms with Crippen molar-refractivity contribution in [1.29, 1.82) is 0 Å². The predicted molar refractivity (Wildman–Crippen MR) is 62.4 cm³/mol. The summed E-state index contributed by atoms with van der Waals surface area (Å²) in [7, 11) is 0. The van der Waals surface area contributed by atoms with Crippen LogP contribution in [-0.2, 0) is 0 Å². The summed E-state index contributed by atoms with van der Waals surface area (Å²) in [4.78, 5) is 11.7. The van der Waals surface area contributed by atoms with Gasteiger partial charge in [-0.05, 0) is 30.3 Å². The SMILES string of the molecule is O=C(Nc1c(F)cccc1F)c1cc(F)ccc1O. The highest BCUT2D eigenvalue weighted by Gasteiger charge is 2.16. The molecule has 0 radical (unpaired) electrons. The number of hydrogen-bond donors (Lipinski definition) is 2. The molecular weight excluding hydrogens is 259 g/mol. The third kappa shape index (κ3) is 2.67. The largest absolute Gasteiger partial charge is 0.507 e. The monoisotopic (exact) mass is 267 g/mol. The van der Waals surface area contributed by atoms with Crippen LogP contribution in [0.1, 0.15) is 10.4 Å². The van der Waals surface area contributed by atoms with Crippen molar-refractivity contribution in [3.05, 3.63) is 59.4 Å². The molecule has 0 fully saturated rings. The molecule has 2 N–H and O–H groups in total. The number of halogens is 3. The average molecular weight is 267 g/mol. The smallest absolute Gasteiger partial charge is 0.259 e. The minimum atomic E-state index is -1.01. The van der Waals surface area contributed by atoms with Crippen LogP contribution in [0, 0.1) is 17.5 Å². The number of carbonyl (C=O) groups excluding carboxylic acids is 1. The molecule has 98 valence electrons. The van der Waals surface area contributed by atoms with Gasteiger partial charge >= 0.3 is 0 Å². The van der Waals surface area contributed by atoms with Crippen LogP contribution in [0.4, 0.5) is 18.9 Å². The molecule has 0 aliphatic carbocycles. The normalized spacial score (nSPS) is 10.3. The summed E-state index contributed by atoms with van der Waals surface area (Å²) in [5, 5.41) is 11.4. The lowest BCUT2D eigenvalue weighted by molar-refractivity contribution is 0.102. The summed E-state index contributed by atoms with van der Waals surface area (Å²) < 4.78 is 39.6. The number of amides is 1. The van der Waals surface area contributed by atoms with Gasteiger partial charge in [0.15, 0.2) is 0 Å². The van der Waals surface area contributed by atoms with E-state index in [-0.39, 0.29) is 0 Å². The van der Waals surface area contributed by atoms with Gasteiger partial charge in [-0.3, -0.25) is 4.79 Å². The van der Waals surface area contributed by atoms with Gasteiger partial charge in [-0.1, -0.05) is 6.07 Å². The third-order valence-electron chi connectivity index (χ3n) is 2.40.